The maximum absolute atomic E-state index is 14.0. The molecule has 2 aliphatic heterocycles. The Bertz CT molecular complexity index is 1290. The number of likely N-dealkylation sites (tertiary alicyclic amines) is 1. The third-order valence-electron chi connectivity index (χ3n) is 6.59. The number of aromatic amines is 1. The van der Waals surface area contributed by atoms with E-state index in [9.17, 15) is 36.3 Å². The van der Waals surface area contributed by atoms with E-state index in [1.54, 1.807) is 26.8 Å². The van der Waals surface area contributed by atoms with Gasteiger partial charge in [0.1, 0.15) is 5.60 Å². The summed E-state index contributed by atoms with van der Waals surface area (Å²) in [4.78, 5) is 51.1. The number of hydrogen-bond acceptors (Lipinski definition) is 6. The molecule has 0 radical (unpaired) electrons. The number of nitrogens with one attached hydrogen (secondary N) is 2. The van der Waals surface area contributed by atoms with Gasteiger partial charge in [-0.1, -0.05) is 0 Å². The van der Waals surface area contributed by atoms with Gasteiger partial charge < -0.3 is 24.8 Å². The molecule has 1 atom stereocenters. The van der Waals surface area contributed by atoms with Gasteiger partial charge in [-0.3, -0.25) is 9.59 Å². The molecule has 1 saturated heterocycles. The van der Waals surface area contributed by atoms with Crippen LogP contribution in [0.4, 0.5) is 26.7 Å². The molecule has 4 rings (SSSR count). The van der Waals surface area contributed by atoms with Crippen molar-refractivity contribution in [3.8, 4) is 11.5 Å². The normalized spacial score (nSPS) is 18.1. The number of carbonyl (C=O) groups is 3. The first kappa shape index (κ1) is 30.2. The molecule has 2 aliphatic rings. The first-order valence-electron chi connectivity index (χ1n) is 13.0. The minimum absolute atomic E-state index is 0.0269. The summed E-state index contributed by atoms with van der Waals surface area (Å²) in [7, 11) is 0. The van der Waals surface area contributed by atoms with Crippen molar-refractivity contribution in [2.75, 3.05) is 19.6 Å². The Morgan fingerprint density at radius 2 is 1.93 bits per heavy atom. The fourth-order valence-corrected chi connectivity index (χ4v) is 4.77. The molecule has 0 aromatic carbocycles. The van der Waals surface area contributed by atoms with Gasteiger partial charge in [-0.15, -0.1) is 0 Å². The summed E-state index contributed by atoms with van der Waals surface area (Å²) in [6, 6.07) is 2.01. The number of aromatic nitrogens is 3. The topological polar surface area (TPSA) is 121 Å². The lowest BCUT2D eigenvalue weighted by atomic mass is 10.0. The van der Waals surface area contributed by atoms with Gasteiger partial charge in [-0.2, -0.15) is 13.2 Å². The van der Waals surface area contributed by atoms with Crippen LogP contribution < -0.4 is 5.32 Å². The maximum Gasteiger partial charge on any atom is 0.433 e. The molecule has 0 bridgehead atoms. The Labute approximate surface area is 232 Å². The molecule has 2 aromatic heterocycles. The molecule has 15 heteroatoms. The summed E-state index contributed by atoms with van der Waals surface area (Å²) in [5, 5.41) is 2.49. The minimum Gasteiger partial charge on any atom is -0.444 e. The van der Waals surface area contributed by atoms with Crippen LogP contribution in [0.2, 0.25) is 0 Å². The van der Waals surface area contributed by atoms with Crippen molar-refractivity contribution in [3.05, 3.63) is 35.3 Å². The number of carbonyl (C=O) groups excluding carboxylic acids is 3. The van der Waals surface area contributed by atoms with E-state index in [0.29, 0.717) is 0 Å². The zero-order chi connectivity index (χ0) is 30.2. The Hall–Kier alpha value is -3.78. The van der Waals surface area contributed by atoms with E-state index >= 15 is 0 Å². The van der Waals surface area contributed by atoms with Crippen molar-refractivity contribution < 1.29 is 41.1 Å². The van der Waals surface area contributed by atoms with Crippen LogP contribution in [0.25, 0.3) is 11.5 Å². The summed E-state index contributed by atoms with van der Waals surface area (Å²) in [6.45, 7) is 3.28. The molecule has 10 nitrogen and oxygen atoms in total. The molecule has 0 spiro atoms. The van der Waals surface area contributed by atoms with Gasteiger partial charge in [0.2, 0.25) is 11.8 Å². The van der Waals surface area contributed by atoms with Crippen LogP contribution in [0.3, 0.4) is 0 Å². The first-order chi connectivity index (χ1) is 19.0. The van der Waals surface area contributed by atoms with Crippen LogP contribution in [0.1, 0.15) is 57.0 Å². The first-order valence-corrected chi connectivity index (χ1v) is 13.0. The summed E-state index contributed by atoms with van der Waals surface area (Å²) >= 11 is 0. The van der Waals surface area contributed by atoms with Crippen LogP contribution in [0.15, 0.2) is 18.3 Å². The van der Waals surface area contributed by atoms with Gasteiger partial charge >= 0.3 is 12.3 Å². The zero-order valence-corrected chi connectivity index (χ0v) is 22.8. The number of alkyl carbamates (subject to hydrolysis) is 1. The van der Waals surface area contributed by atoms with Crippen molar-refractivity contribution in [1.82, 2.24) is 30.1 Å². The van der Waals surface area contributed by atoms with Gasteiger partial charge in [0.05, 0.1) is 30.5 Å². The molecule has 0 aliphatic carbocycles. The van der Waals surface area contributed by atoms with Gasteiger partial charge in [0.15, 0.2) is 11.5 Å². The Morgan fingerprint density at radius 1 is 1.20 bits per heavy atom. The number of nitrogens with zero attached hydrogens (tertiary/aromatic N) is 4. The highest BCUT2D eigenvalue weighted by Gasteiger charge is 2.41. The van der Waals surface area contributed by atoms with Gasteiger partial charge in [-0.25, -0.2) is 23.5 Å². The minimum atomic E-state index is -4.74. The Kier molecular flexibility index (Phi) is 8.28. The van der Waals surface area contributed by atoms with Crippen molar-refractivity contribution in [1.29, 1.82) is 0 Å². The fourth-order valence-electron chi connectivity index (χ4n) is 4.77. The standard InChI is InChI=1S/C26H31F5N6O4/c1-24(2,3)41-23(40)33-15(12-37-14-25(27,28)8-6-19(37)38)11-20(39)36-10-7-16-18(13-36)34-22(17-5-4-9-32-17)35-21(16)26(29,30)31/h4-5,9,15,32H,6-8,10-14H2,1-3H3,(H,33,40)/t15-/m0/s1. The molecular formula is C26H31F5N6O4. The number of H-pyrrole nitrogens is 1. The van der Waals surface area contributed by atoms with E-state index in [0.717, 1.165) is 4.90 Å². The average Bonchev–Trinajstić information content (AvgIpc) is 3.38. The second-order valence-electron chi connectivity index (χ2n) is 11.1. The predicted octanol–water partition coefficient (Wildman–Crippen LogP) is 3.92. The van der Waals surface area contributed by atoms with Crippen molar-refractivity contribution in [3.63, 3.8) is 0 Å². The molecule has 4 heterocycles. The average molecular weight is 587 g/mol. The van der Waals surface area contributed by atoms with Crippen molar-refractivity contribution in [2.45, 2.75) is 76.7 Å². The molecular weight excluding hydrogens is 555 g/mol. The van der Waals surface area contributed by atoms with Crippen molar-refractivity contribution >= 4 is 17.9 Å². The van der Waals surface area contributed by atoms with Crippen LogP contribution in [-0.2, 0) is 33.5 Å². The largest absolute Gasteiger partial charge is 0.444 e. The van der Waals surface area contributed by atoms with Gasteiger partial charge in [-0.05, 0) is 39.3 Å². The quantitative estimate of drug-likeness (QED) is 0.496. The van der Waals surface area contributed by atoms with E-state index in [-0.39, 0.29) is 55.3 Å². The molecule has 2 aromatic rings. The number of alkyl halides is 5. The number of halogens is 5. The SMILES string of the molecule is CC(C)(C)OC(=O)N[C@@H](CC(=O)N1CCc2c(nc(-c3ccc[nH]3)nc2C(F)(F)F)C1)CN1CC(F)(F)CCC1=O. The van der Waals surface area contributed by atoms with Crippen LogP contribution in [-0.4, -0.2) is 79.9 Å². The number of fused-ring (bicyclic) bond motifs is 1. The van der Waals surface area contributed by atoms with Crippen LogP contribution in [0.5, 0.6) is 0 Å². The third kappa shape index (κ3) is 7.70. The lowest BCUT2D eigenvalue weighted by Crippen LogP contribution is -2.53. The molecule has 0 saturated carbocycles. The summed E-state index contributed by atoms with van der Waals surface area (Å²) < 4.78 is 74.9. The fraction of sp³-hybridized carbons (Fsp3) is 0.577. The number of hydrogen-bond donors (Lipinski definition) is 2. The lowest BCUT2D eigenvalue weighted by molar-refractivity contribution is -0.148. The maximum atomic E-state index is 14.0. The second-order valence-corrected chi connectivity index (χ2v) is 11.1. The Morgan fingerprint density at radius 3 is 2.56 bits per heavy atom. The molecule has 1 fully saturated rings. The van der Waals surface area contributed by atoms with E-state index in [1.165, 1.54) is 17.2 Å². The third-order valence-corrected chi connectivity index (χ3v) is 6.59. The molecule has 224 valence electrons. The van der Waals surface area contributed by atoms with E-state index in [2.05, 4.69) is 20.3 Å². The summed E-state index contributed by atoms with van der Waals surface area (Å²) in [5.74, 6) is -4.40. The highest BCUT2D eigenvalue weighted by atomic mass is 19.4. The molecule has 3 amide bonds. The zero-order valence-electron chi connectivity index (χ0n) is 22.8. The summed E-state index contributed by atoms with van der Waals surface area (Å²) in [6.07, 6.45) is -5.69. The number of amides is 3. The molecule has 41 heavy (non-hydrogen) atoms. The lowest BCUT2D eigenvalue weighted by Gasteiger charge is -2.36. The number of rotatable bonds is 6. The van der Waals surface area contributed by atoms with E-state index < -0.39 is 66.7 Å². The summed E-state index contributed by atoms with van der Waals surface area (Å²) in [5.41, 5.74) is -1.78. The van der Waals surface area contributed by atoms with Gasteiger partial charge in [0, 0.05) is 44.1 Å². The van der Waals surface area contributed by atoms with E-state index in [1.807, 2.05) is 0 Å². The highest BCUT2D eigenvalue weighted by Crippen LogP contribution is 2.35. The van der Waals surface area contributed by atoms with Crippen molar-refractivity contribution in [2.24, 2.45) is 0 Å². The van der Waals surface area contributed by atoms with E-state index in [4.69, 9.17) is 4.74 Å². The molecule has 0 unspecified atom stereocenters. The Balaban J connectivity index is 1.55. The monoisotopic (exact) mass is 586 g/mol. The highest BCUT2D eigenvalue weighted by molar-refractivity contribution is 5.80. The smallest absolute Gasteiger partial charge is 0.433 e. The predicted molar refractivity (Wildman–Crippen MR) is 134 cm³/mol. The van der Waals surface area contributed by atoms with Crippen LogP contribution >= 0.6 is 0 Å². The van der Waals surface area contributed by atoms with Gasteiger partial charge in [0.25, 0.3) is 5.92 Å². The van der Waals surface area contributed by atoms with Crippen LogP contribution in [0, 0.1) is 0 Å². The number of ether oxygens (including phenoxy) is 1. The second kappa shape index (κ2) is 11.2. The number of piperidine rings is 1. The molecule has 2 N–H and O–H groups in total.